The SMILES string of the molecule is O=C(NC1CC1)C1CN2CCC1CC2Cn1cc(CCO)nn1. The average molecular weight is 319 g/mol. The minimum Gasteiger partial charge on any atom is -0.396 e. The van der Waals surface area contributed by atoms with Gasteiger partial charge in [0, 0.05) is 37.9 Å². The summed E-state index contributed by atoms with van der Waals surface area (Å²) >= 11 is 0. The summed E-state index contributed by atoms with van der Waals surface area (Å²) in [6, 6.07) is 0.899. The molecule has 7 nitrogen and oxygen atoms in total. The highest BCUT2D eigenvalue weighted by Crippen LogP contribution is 2.37. The van der Waals surface area contributed by atoms with Crippen molar-refractivity contribution >= 4 is 5.91 Å². The van der Waals surface area contributed by atoms with Crippen LogP contribution in [0.2, 0.25) is 0 Å². The lowest BCUT2D eigenvalue weighted by Crippen LogP contribution is -2.58. The number of piperidine rings is 3. The summed E-state index contributed by atoms with van der Waals surface area (Å²) in [5.41, 5.74) is 0.838. The Labute approximate surface area is 136 Å². The fourth-order valence-electron chi connectivity index (χ4n) is 4.03. The van der Waals surface area contributed by atoms with Crippen LogP contribution in [-0.4, -0.2) is 62.7 Å². The van der Waals surface area contributed by atoms with E-state index in [1.54, 1.807) is 0 Å². The number of rotatable bonds is 6. The number of carbonyl (C=O) groups is 1. The quantitative estimate of drug-likeness (QED) is 0.759. The predicted molar refractivity (Wildman–Crippen MR) is 83.6 cm³/mol. The molecule has 1 saturated carbocycles. The van der Waals surface area contributed by atoms with Gasteiger partial charge in [0.15, 0.2) is 0 Å². The summed E-state index contributed by atoms with van der Waals surface area (Å²) in [5.74, 6) is 0.942. The van der Waals surface area contributed by atoms with E-state index in [2.05, 4.69) is 20.5 Å². The molecule has 4 atom stereocenters. The molecule has 1 aromatic rings. The lowest BCUT2D eigenvalue weighted by molar-refractivity contribution is -0.133. The van der Waals surface area contributed by atoms with Gasteiger partial charge in [-0.3, -0.25) is 14.4 Å². The first-order valence-corrected chi connectivity index (χ1v) is 8.77. The molecule has 1 aliphatic carbocycles. The third-order valence-corrected chi connectivity index (χ3v) is 5.49. The molecule has 1 aromatic heterocycles. The molecule has 2 N–H and O–H groups in total. The maximum Gasteiger partial charge on any atom is 0.224 e. The van der Waals surface area contributed by atoms with Crippen molar-refractivity contribution in [3.8, 4) is 0 Å². The van der Waals surface area contributed by atoms with Crippen LogP contribution in [0.1, 0.15) is 31.4 Å². The van der Waals surface area contributed by atoms with E-state index in [0.29, 0.717) is 24.4 Å². The molecule has 23 heavy (non-hydrogen) atoms. The fourth-order valence-corrected chi connectivity index (χ4v) is 4.03. The van der Waals surface area contributed by atoms with Crippen molar-refractivity contribution in [1.29, 1.82) is 0 Å². The molecule has 4 fully saturated rings. The predicted octanol–water partition coefficient (Wildman–Crippen LogP) is -0.198. The lowest BCUT2D eigenvalue weighted by Gasteiger charge is -2.49. The largest absolute Gasteiger partial charge is 0.396 e. The molecule has 4 aliphatic rings. The molecule has 1 amide bonds. The number of aliphatic hydroxyl groups is 1. The average Bonchev–Trinajstić information content (AvgIpc) is 3.27. The van der Waals surface area contributed by atoms with E-state index in [1.807, 2.05) is 10.9 Å². The molecular formula is C16H25N5O2. The third kappa shape index (κ3) is 3.26. The van der Waals surface area contributed by atoms with Crippen LogP contribution >= 0.6 is 0 Å². The second-order valence-electron chi connectivity index (χ2n) is 7.23. The van der Waals surface area contributed by atoms with Crippen molar-refractivity contribution in [3.05, 3.63) is 11.9 Å². The summed E-state index contributed by atoms with van der Waals surface area (Å²) < 4.78 is 1.88. The van der Waals surface area contributed by atoms with Gasteiger partial charge in [-0.15, -0.1) is 5.10 Å². The van der Waals surface area contributed by atoms with E-state index in [1.165, 1.54) is 0 Å². The molecule has 2 bridgehead atoms. The molecule has 126 valence electrons. The fraction of sp³-hybridized carbons (Fsp3) is 0.812. The van der Waals surface area contributed by atoms with E-state index in [4.69, 9.17) is 5.11 Å². The summed E-state index contributed by atoms with van der Waals surface area (Å²) in [6.07, 6.45) is 6.98. The molecular weight excluding hydrogens is 294 g/mol. The van der Waals surface area contributed by atoms with Gasteiger partial charge in [0.2, 0.25) is 5.91 Å². The van der Waals surface area contributed by atoms with Gasteiger partial charge in [-0.05, 0) is 38.1 Å². The van der Waals surface area contributed by atoms with Crippen LogP contribution in [0.25, 0.3) is 0 Å². The Morgan fingerprint density at radius 2 is 2.26 bits per heavy atom. The van der Waals surface area contributed by atoms with Crippen molar-refractivity contribution in [2.24, 2.45) is 11.8 Å². The number of fused-ring (bicyclic) bond motifs is 3. The summed E-state index contributed by atoms with van der Waals surface area (Å²) in [4.78, 5) is 14.8. The first-order chi connectivity index (χ1) is 11.2. The molecule has 0 aromatic carbocycles. The standard InChI is InChI=1S/C16H25N5O2/c22-6-4-13-8-21(19-18-13)9-14-7-11-3-5-20(14)10-15(11)16(23)17-12-1-2-12/h8,11-12,14-15,22H,1-7,9-10H2,(H,17,23). The van der Waals surface area contributed by atoms with E-state index in [0.717, 1.165) is 51.0 Å². The van der Waals surface area contributed by atoms with E-state index < -0.39 is 0 Å². The first-order valence-electron chi connectivity index (χ1n) is 8.77. The minimum atomic E-state index is 0.105. The number of nitrogens with zero attached hydrogens (tertiary/aromatic N) is 4. The smallest absolute Gasteiger partial charge is 0.224 e. The van der Waals surface area contributed by atoms with Gasteiger partial charge in [0.1, 0.15) is 0 Å². The van der Waals surface area contributed by atoms with Gasteiger partial charge in [-0.1, -0.05) is 5.21 Å². The van der Waals surface area contributed by atoms with Crippen molar-refractivity contribution in [2.45, 2.75) is 50.7 Å². The zero-order valence-corrected chi connectivity index (χ0v) is 13.4. The lowest BCUT2D eigenvalue weighted by atomic mass is 9.75. The number of aromatic nitrogens is 3. The van der Waals surface area contributed by atoms with E-state index in [-0.39, 0.29) is 18.4 Å². The number of hydrogen-bond donors (Lipinski definition) is 2. The van der Waals surface area contributed by atoms with Crippen molar-refractivity contribution in [3.63, 3.8) is 0 Å². The molecule has 3 saturated heterocycles. The summed E-state index contributed by atoms with van der Waals surface area (Å²) in [5, 5.41) is 20.4. The van der Waals surface area contributed by atoms with Gasteiger partial charge >= 0.3 is 0 Å². The van der Waals surface area contributed by atoms with Crippen molar-refractivity contribution in [2.75, 3.05) is 19.7 Å². The molecule has 5 rings (SSSR count). The van der Waals surface area contributed by atoms with Crippen molar-refractivity contribution in [1.82, 2.24) is 25.2 Å². The normalized spacial score (nSPS) is 32.9. The second-order valence-corrected chi connectivity index (χ2v) is 7.23. The molecule has 0 radical (unpaired) electrons. The maximum absolute atomic E-state index is 12.4. The zero-order chi connectivity index (χ0) is 15.8. The maximum atomic E-state index is 12.4. The van der Waals surface area contributed by atoms with Crippen LogP contribution in [0.15, 0.2) is 6.20 Å². The number of aliphatic hydroxyl groups excluding tert-OH is 1. The number of amides is 1. The number of hydrogen-bond acceptors (Lipinski definition) is 5. The Balaban J connectivity index is 1.36. The third-order valence-electron chi connectivity index (χ3n) is 5.49. The molecule has 4 heterocycles. The van der Waals surface area contributed by atoms with Crippen LogP contribution in [0.3, 0.4) is 0 Å². The molecule has 7 heteroatoms. The topological polar surface area (TPSA) is 83.3 Å². The Morgan fingerprint density at radius 3 is 2.96 bits per heavy atom. The second kappa shape index (κ2) is 6.20. The van der Waals surface area contributed by atoms with E-state index in [9.17, 15) is 4.79 Å². The summed E-state index contributed by atoms with van der Waals surface area (Å²) in [7, 11) is 0. The van der Waals surface area contributed by atoms with Gasteiger partial charge in [0.05, 0.1) is 18.2 Å². The van der Waals surface area contributed by atoms with Crippen LogP contribution in [0, 0.1) is 11.8 Å². The monoisotopic (exact) mass is 319 g/mol. The highest BCUT2D eigenvalue weighted by atomic mass is 16.3. The Bertz CT molecular complexity index is 571. The number of nitrogens with one attached hydrogen (secondary N) is 1. The van der Waals surface area contributed by atoms with Crippen LogP contribution < -0.4 is 5.32 Å². The number of carbonyl (C=O) groups excluding carboxylic acids is 1. The van der Waals surface area contributed by atoms with Crippen molar-refractivity contribution < 1.29 is 9.90 Å². The highest BCUT2D eigenvalue weighted by Gasteiger charge is 2.44. The Kier molecular flexibility index (Phi) is 4.07. The van der Waals surface area contributed by atoms with Crippen LogP contribution in [0.4, 0.5) is 0 Å². The summed E-state index contributed by atoms with van der Waals surface area (Å²) in [6.45, 7) is 2.90. The zero-order valence-electron chi connectivity index (χ0n) is 13.4. The van der Waals surface area contributed by atoms with Gasteiger partial charge in [-0.2, -0.15) is 0 Å². The molecule has 3 aliphatic heterocycles. The van der Waals surface area contributed by atoms with Gasteiger partial charge < -0.3 is 10.4 Å². The Hall–Kier alpha value is -1.47. The van der Waals surface area contributed by atoms with Crippen LogP contribution in [-0.2, 0) is 17.8 Å². The van der Waals surface area contributed by atoms with Crippen LogP contribution in [0.5, 0.6) is 0 Å². The minimum absolute atomic E-state index is 0.105. The Morgan fingerprint density at radius 1 is 1.39 bits per heavy atom. The molecule has 4 unspecified atom stereocenters. The van der Waals surface area contributed by atoms with Gasteiger partial charge in [-0.25, -0.2) is 0 Å². The van der Waals surface area contributed by atoms with Gasteiger partial charge in [0.25, 0.3) is 0 Å². The first kappa shape index (κ1) is 15.1. The van der Waals surface area contributed by atoms with E-state index >= 15 is 0 Å². The molecule has 0 spiro atoms. The highest BCUT2D eigenvalue weighted by molar-refractivity contribution is 5.80.